The number of hydrogen-bond donors (Lipinski definition) is 1. The number of nitrogens with one attached hydrogen (secondary N) is 1. The molecule has 5 nitrogen and oxygen atoms in total. The highest BCUT2D eigenvalue weighted by atomic mass is 35.5. The number of rotatable bonds is 6. The summed E-state index contributed by atoms with van der Waals surface area (Å²) in [4.78, 5) is 11.9. The van der Waals surface area contributed by atoms with Crippen LogP contribution in [0.15, 0.2) is 36.9 Å². The molecule has 1 amide bonds. The summed E-state index contributed by atoms with van der Waals surface area (Å²) in [5.74, 6) is -0.398. The first-order chi connectivity index (χ1) is 9.27. The largest absolute Gasteiger partial charge is 0.351 e. The zero-order valence-electron chi connectivity index (χ0n) is 11.3. The Morgan fingerprint density at radius 2 is 2.00 bits per heavy atom. The molecule has 0 spiro atoms. The molecule has 0 fully saturated rings. The fourth-order valence-corrected chi connectivity index (χ4v) is 3.02. The van der Waals surface area contributed by atoms with E-state index >= 15 is 0 Å². The Morgan fingerprint density at radius 1 is 1.45 bits per heavy atom. The number of carbonyl (C=O) groups excluding carboxylic acids is 1. The zero-order valence-corrected chi connectivity index (χ0v) is 12.9. The van der Waals surface area contributed by atoms with Gasteiger partial charge in [0.1, 0.15) is 6.04 Å². The van der Waals surface area contributed by atoms with Crippen molar-refractivity contribution in [2.24, 2.45) is 0 Å². The molecule has 0 saturated heterocycles. The number of anilines is 1. The van der Waals surface area contributed by atoms with Gasteiger partial charge in [0.2, 0.25) is 15.9 Å². The van der Waals surface area contributed by atoms with Crippen LogP contribution in [-0.4, -0.2) is 33.2 Å². The Morgan fingerprint density at radius 3 is 2.45 bits per heavy atom. The SMILES string of the molecule is C=CCNC(=O)[C@@H](C)N(c1ccc(Cl)cc1)S(C)(=O)=O. The van der Waals surface area contributed by atoms with Gasteiger partial charge in [0, 0.05) is 11.6 Å². The number of nitrogens with zero attached hydrogens (tertiary/aromatic N) is 1. The topological polar surface area (TPSA) is 66.5 Å². The summed E-state index contributed by atoms with van der Waals surface area (Å²) in [5.41, 5.74) is 0.387. The van der Waals surface area contributed by atoms with Crippen LogP contribution in [0.3, 0.4) is 0 Å². The van der Waals surface area contributed by atoms with Crippen molar-refractivity contribution in [2.45, 2.75) is 13.0 Å². The number of sulfonamides is 1. The Hall–Kier alpha value is -1.53. The van der Waals surface area contributed by atoms with Crippen molar-refractivity contribution in [3.8, 4) is 0 Å². The molecule has 0 heterocycles. The molecule has 0 aromatic heterocycles. The van der Waals surface area contributed by atoms with E-state index < -0.39 is 22.0 Å². The van der Waals surface area contributed by atoms with Gasteiger partial charge in [-0.1, -0.05) is 17.7 Å². The van der Waals surface area contributed by atoms with Crippen LogP contribution in [0.1, 0.15) is 6.92 Å². The molecule has 1 rings (SSSR count). The fourth-order valence-electron chi connectivity index (χ4n) is 1.72. The number of amides is 1. The third-order valence-electron chi connectivity index (χ3n) is 2.59. The van der Waals surface area contributed by atoms with Gasteiger partial charge in [0.05, 0.1) is 11.9 Å². The quantitative estimate of drug-likeness (QED) is 0.814. The third kappa shape index (κ3) is 4.25. The first-order valence-electron chi connectivity index (χ1n) is 5.91. The van der Waals surface area contributed by atoms with Crippen molar-refractivity contribution in [2.75, 3.05) is 17.1 Å². The minimum absolute atomic E-state index is 0.279. The summed E-state index contributed by atoms with van der Waals surface area (Å²) in [6.07, 6.45) is 2.58. The summed E-state index contributed by atoms with van der Waals surface area (Å²) in [6.45, 7) is 5.29. The van der Waals surface area contributed by atoms with E-state index in [2.05, 4.69) is 11.9 Å². The Kier molecular flexibility index (Phi) is 5.59. The molecule has 0 radical (unpaired) electrons. The molecule has 110 valence electrons. The monoisotopic (exact) mass is 316 g/mol. The Balaban J connectivity index is 3.10. The van der Waals surface area contributed by atoms with Crippen LogP contribution in [0.2, 0.25) is 5.02 Å². The van der Waals surface area contributed by atoms with E-state index in [0.29, 0.717) is 10.7 Å². The van der Waals surface area contributed by atoms with Crippen molar-refractivity contribution in [1.29, 1.82) is 0 Å². The summed E-state index contributed by atoms with van der Waals surface area (Å²) in [7, 11) is -3.60. The maximum Gasteiger partial charge on any atom is 0.243 e. The van der Waals surface area contributed by atoms with Crippen molar-refractivity contribution in [3.05, 3.63) is 41.9 Å². The van der Waals surface area contributed by atoms with Crippen LogP contribution in [0.4, 0.5) is 5.69 Å². The molecule has 20 heavy (non-hydrogen) atoms. The smallest absolute Gasteiger partial charge is 0.243 e. The second kappa shape index (κ2) is 6.76. The van der Waals surface area contributed by atoms with Crippen molar-refractivity contribution >= 4 is 33.2 Å². The number of halogens is 1. The van der Waals surface area contributed by atoms with Crippen molar-refractivity contribution < 1.29 is 13.2 Å². The normalized spacial score (nSPS) is 12.6. The maximum atomic E-state index is 11.9. The lowest BCUT2D eigenvalue weighted by molar-refractivity contribution is -0.121. The minimum Gasteiger partial charge on any atom is -0.351 e. The molecule has 0 unspecified atom stereocenters. The molecule has 1 atom stereocenters. The lowest BCUT2D eigenvalue weighted by atomic mass is 10.2. The highest BCUT2D eigenvalue weighted by Crippen LogP contribution is 2.22. The average molecular weight is 317 g/mol. The van der Waals surface area contributed by atoms with E-state index in [9.17, 15) is 13.2 Å². The van der Waals surface area contributed by atoms with Crippen molar-refractivity contribution in [1.82, 2.24) is 5.32 Å². The van der Waals surface area contributed by atoms with Gasteiger partial charge in [-0.3, -0.25) is 9.10 Å². The van der Waals surface area contributed by atoms with Crippen LogP contribution in [0.25, 0.3) is 0 Å². The molecular formula is C13H17ClN2O3S. The van der Waals surface area contributed by atoms with Gasteiger partial charge >= 0.3 is 0 Å². The third-order valence-corrected chi connectivity index (χ3v) is 4.08. The van der Waals surface area contributed by atoms with Crippen LogP contribution < -0.4 is 9.62 Å². The molecule has 1 aromatic rings. The van der Waals surface area contributed by atoms with E-state index in [1.165, 1.54) is 13.0 Å². The van der Waals surface area contributed by atoms with Crippen LogP contribution in [0.5, 0.6) is 0 Å². The predicted octanol–water partition coefficient (Wildman–Crippen LogP) is 1.80. The van der Waals surface area contributed by atoms with Crippen LogP contribution >= 0.6 is 11.6 Å². The highest BCUT2D eigenvalue weighted by molar-refractivity contribution is 7.92. The van der Waals surface area contributed by atoms with Gasteiger partial charge in [-0.15, -0.1) is 6.58 Å². The van der Waals surface area contributed by atoms with Crippen LogP contribution in [0, 0.1) is 0 Å². The first kappa shape index (κ1) is 16.5. The fraction of sp³-hybridized carbons (Fsp3) is 0.308. The molecular weight excluding hydrogens is 300 g/mol. The van der Waals surface area contributed by atoms with Gasteiger partial charge in [-0.05, 0) is 31.2 Å². The Labute approximate surface area is 124 Å². The first-order valence-corrected chi connectivity index (χ1v) is 8.13. The van der Waals surface area contributed by atoms with Gasteiger partial charge in [-0.2, -0.15) is 0 Å². The molecule has 7 heteroatoms. The summed E-state index contributed by atoms with van der Waals surface area (Å²) in [6, 6.07) is 5.39. The van der Waals surface area contributed by atoms with E-state index in [1.807, 2.05) is 0 Å². The van der Waals surface area contributed by atoms with Gasteiger partial charge in [-0.25, -0.2) is 8.42 Å². The molecule has 0 bridgehead atoms. The number of carbonyl (C=O) groups is 1. The second-order valence-corrected chi connectivity index (χ2v) is 6.54. The van der Waals surface area contributed by atoms with E-state index in [4.69, 9.17) is 11.6 Å². The van der Waals surface area contributed by atoms with Gasteiger partial charge in [0.15, 0.2) is 0 Å². The molecule has 1 N–H and O–H groups in total. The summed E-state index contributed by atoms with van der Waals surface area (Å²) < 4.78 is 24.9. The van der Waals surface area contributed by atoms with Gasteiger partial charge in [0.25, 0.3) is 0 Å². The van der Waals surface area contributed by atoms with Gasteiger partial charge < -0.3 is 5.32 Å². The molecule has 0 aliphatic rings. The van der Waals surface area contributed by atoms with Crippen molar-refractivity contribution in [3.63, 3.8) is 0 Å². The highest BCUT2D eigenvalue weighted by Gasteiger charge is 2.28. The molecule has 0 saturated carbocycles. The lowest BCUT2D eigenvalue weighted by Crippen LogP contribution is -2.47. The zero-order chi connectivity index (χ0) is 15.3. The van der Waals surface area contributed by atoms with Crippen LogP contribution in [-0.2, 0) is 14.8 Å². The van der Waals surface area contributed by atoms with E-state index in [-0.39, 0.29) is 6.54 Å². The van der Waals surface area contributed by atoms with E-state index in [1.54, 1.807) is 24.3 Å². The average Bonchev–Trinajstić information content (AvgIpc) is 2.36. The lowest BCUT2D eigenvalue weighted by Gasteiger charge is -2.28. The summed E-state index contributed by atoms with van der Waals surface area (Å²) >= 11 is 5.78. The predicted molar refractivity (Wildman–Crippen MR) is 81.4 cm³/mol. The molecule has 1 aromatic carbocycles. The number of hydrogen-bond acceptors (Lipinski definition) is 3. The molecule has 0 aliphatic carbocycles. The van der Waals surface area contributed by atoms with E-state index in [0.717, 1.165) is 10.6 Å². The summed E-state index contributed by atoms with van der Waals surface area (Å²) in [5, 5.41) is 3.07. The Bertz CT molecular complexity index is 584. The second-order valence-electron chi connectivity index (χ2n) is 4.25. The number of benzene rings is 1. The minimum atomic E-state index is -3.60. The standard InChI is InChI=1S/C13H17ClN2O3S/c1-4-9-15-13(17)10(2)16(20(3,18)19)12-7-5-11(14)6-8-12/h4-8,10H,1,9H2,2-3H3,(H,15,17)/t10-/m1/s1. The maximum absolute atomic E-state index is 11.9. The molecule has 0 aliphatic heterocycles.